The zero-order chi connectivity index (χ0) is 26.6. The number of hydrogen-bond acceptors (Lipinski definition) is 6. The van der Waals surface area contributed by atoms with E-state index in [1.165, 1.54) is 0 Å². The maximum absolute atomic E-state index is 13.3. The van der Waals surface area contributed by atoms with Crippen molar-refractivity contribution in [3.8, 4) is 5.75 Å². The van der Waals surface area contributed by atoms with E-state index in [-0.39, 0.29) is 12.3 Å². The second-order valence-corrected chi connectivity index (χ2v) is 11.9. The molecule has 0 bridgehead atoms. The summed E-state index contributed by atoms with van der Waals surface area (Å²) in [6.45, 7) is 11.3. The second kappa shape index (κ2) is 11.8. The van der Waals surface area contributed by atoms with Crippen molar-refractivity contribution >= 4 is 52.6 Å². The van der Waals surface area contributed by atoms with Crippen molar-refractivity contribution in [1.82, 2.24) is 9.55 Å². The van der Waals surface area contributed by atoms with Crippen molar-refractivity contribution in [2.75, 3.05) is 18.5 Å². The monoisotopic (exact) mass is 635 g/mol. The number of amides is 1. The normalized spacial score (nSPS) is 16.4. The molecule has 1 aromatic heterocycles. The Kier molecular flexibility index (Phi) is 8.96. The minimum atomic E-state index is -0.459. The fourth-order valence-electron chi connectivity index (χ4n) is 3.82. The average molecular weight is 635 g/mol. The summed E-state index contributed by atoms with van der Waals surface area (Å²) >= 11 is 2.19. The van der Waals surface area contributed by atoms with Gasteiger partial charge in [0.1, 0.15) is 6.61 Å². The highest BCUT2D eigenvalue weighted by molar-refractivity contribution is 14.2. The minimum Gasteiger partial charge on any atom is -0.487 e. The number of aromatic nitrogens is 2. The zero-order valence-electron chi connectivity index (χ0n) is 21.7. The molecule has 3 aromatic rings. The average Bonchev–Trinajstić information content (AvgIpc) is 3.37. The Bertz CT molecular complexity index is 1220. The molecule has 11 heteroatoms. The van der Waals surface area contributed by atoms with Gasteiger partial charge in [-0.05, 0) is 79.3 Å². The van der Waals surface area contributed by atoms with E-state index in [0.717, 1.165) is 16.6 Å². The van der Waals surface area contributed by atoms with Crippen LogP contribution in [-0.4, -0.2) is 47.0 Å². The Hall–Kier alpha value is -1.98. The van der Waals surface area contributed by atoms with Gasteiger partial charge in [-0.1, -0.05) is 42.5 Å². The maximum Gasteiger partial charge on any atom is 0.494 e. The first-order valence-corrected chi connectivity index (χ1v) is 16.1. The SMILES string of the molecule is Cc1cc(B2OC(C)(C)C(C)(C)O2)ccc1NC(=O)c1c(OCCOCc2ccccc2)cnn1PI. The summed E-state index contributed by atoms with van der Waals surface area (Å²) in [6, 6.07) is 15.7. The number of carbonyl (C=O) groups excluding carboxylic acids is 1. The first-order valence-electron chi connectivity index (χ1n) is 12.1. The van der Waals surface area contributed by atoms with Gasteiger partial charge in [0.2, 0.25) is 0 Å². The van der Waals surface area contributed by atoms with Gasteiger partial charge in [0.25, 0.3) is 5.91 Å². The molecule has 196 valence electrons. The molecule has 1 fully saturated rings. The highest BCUT2D eigenvalue weighted by Gasteiger charge is 2.51. The number of carbonyl (C=O) groups is 1. The fraction of sp³-hybridized carbons (Fsp3) is 0.385. The van der Waals surface area contributed by atoms with Crippen LogP contribution in [0, 0.1) is 6.92 Å². The Balaban J connectivity index is 1.38. The Morgan fingerprint density at radius 1 is 1.11 bits per heavy atom. The van der Waals surface area contributed by atoms with Gasteiger partial charge < -0.3 is 24.1 Å². The molecule has 0 spiro atoms. The van der Waals surface area contributed by atoms with Crippen LogP contribution < -0.4 is 15.5 Å². The molecule has 1 atom stereocenters. The summed E-state index contributed by atoms with van der Waals surface area (Å²) in [4.78, 5) is 13.3. The lowest BCUT2D eigenvalue weighted by Crippen LogP contribution is -2.41. The molecule has 37 heavy (non-hydrogen) atoms. The van der Waals surface area contributed by atoms with Crippen LogP contribution in [0.25, 0.3) is 0 Å². The molecule has 4 rings (SSSR count). The van der Waals surface area contributed by atoms with Gasteiger partial charge in [0.05, 0.1) is 37.0 Å². The van der Waals surface area contributed by atoms with Crippen molar-refractivity contribution in [3.63, 3.8) is 0 Å². The standard InChI is InChI=1S/C26H32BIN3O5P/c1-18-15-20(27-35-25(2,3)26(4,5)36-27)11-12-21(18)30-24(32)23-22(16-29-31(23)37-28)34-14-13-33-17-19-9-7-6-8-10-19/h6-12,15-16,37H,13-14,17H2,1-5H3,(H,30,32). The smallest absolute Gasteiger partial charge is 0.487 e. The molecule has 2 aromatic carbocycles. The molecule has 1 unspecified atom stereocenters. The number of benzene rings is 2. The van der Waals surface area contributed by atoms with Crippen LogP contribution in [0.4, 0.5) is 5.69 Å². The van der Waals surface area contributed by atoms with Gasteiger partial charge in [-0.3, -0.25) is 4.79 Å². The van der Waals surface area contributed by atoms with Gasteiger partial charge >= 0.3 is 7.12 Å². The van der Waals surface area contributed by atoms with E-state index in [1.807, 2.05) is 83.1 Å². The molecular formula is C26H32BIN3O5P. The maximum atomic E-state index is 13.3. The molecular weight excluding hydrogens is 603 g/mol. The Labute approximate surface area is 233 Å². The van der Waals surface area contributed by atoms with Crippen LogP contribution in [0.3, 0.4) is 0 Å². The molecule has 0 aliphatic carbocycles. The van der Waals surface area contributed by atoms with Crippen molar-refractivity contribution in [3.05, 3.63) is 71.5 Å². The van der Waals surface area contributed by atoms with Crippen LogP contribution in [0.15, 0.2) is 54.7 Å². The molecule has 1 aliphatic rings. The molecule has 8 nitrogen and oxygen atoms in total. The molecule has 0 radical (unpaired) electrons. The van der Waals surface area contributed by atoms with E-state index in [0.29, 0.717) is 37.0 Å². The molecule has 1 amide bonds. The predicted molar refractivity (Wildman–Crippen MR) is 156 cm³/mol. The number of halogens is 1. The Morgan fingerprint density at radius 3 is 2.46 bits per heavy atom. The number of rotatable bonds is 10. The van der Waals surface area contributed by atoms with Gasteiger partial charge in [-0.15, -0.1) is 0 Å². The van der Waals surface area contributed by atoms with Gasteiger partial charge in [0, 0.05) is 5.69 Å². The number of hydrogen-bond donors (Lipinski definition) is 1. The highest BCUT2D eigenvalue weighted by Crippen LogP contribution is 2.37. The van der Waals surface area contributed by atoms with E-state index in [1.54, 1.807) is 10.6 Å². The summed E-state index contributed by atoms with van der Waals surface area (Å²) in [5.74, 6) is 0.143. The molecule has 1 N–H and O–H groups in total. The van der Waals surface area contributed by atoms with Crippen LogP contribution in [-0.2, 0) is 20.7 Å². The largest absolute Gasteiger partial charge is 0.494 e. The fourth-order valence-corrected chi connectivity index (χ4v) is 5.32. The van der Waals surface area contributed by atoms with Crippen LogP contribution in [0.5, 0.6) is 5.75 Å². The van der Waals surface area contributed by atoms with Crippen LogP contribution >= 0.6 is 28.4 Å². The highest BCUT2D eigenvalue weighted by atomic mass is 127. The first-order chi connectivity index (χ1) is 17.6. The summed E-state index contributed by atoms with van der Waals surface area (Å²) in [5, 5.41) is 7.33. The molecule has 1 saturated heterocycles. The number of nitrogens with one attached hydrogen (secondary N) is 1. The van der Waals surface area contributed by atoms with Crippen molar-refractivity contribution in [2.45, 2.75) is 52.4 Å². The van der Waals surface area contributed by atoms with Crippen molar-refractivity contribution in [2.24, 2.45) is 0 Å². The zero-order valence-corrected chi connectivity index (χ0v) is 24.9. The van der Waals surface area contributed by atoms with Gasteiger partial charge in [-0.2, -0.15) is 5.10 Å². The summed E-state index contributed by atoms with van der Waals surface area (Å²) in [7, 11) is -0.459. The van der Waals surface area contributed by atoms with E-state index >= 15 is 0 Å². The van der Waals surface area contributed by atoms with Crippen LogP contribution in [0.2, 0.25) is 0 Å². The third kappa shape index (κ3) is 6.54. The van der Waals surface area contributed by atoms with Crippen molar-refractivity contribution < 1.29 is 23.6 Å². The van der Waals surface area contributed by atoms with E-state index in [9.17, 15) is 4.79 Å². The van der Waals surface area contributed by atoms with E-state index < -0.39 is 18.3 Å². The van der Waals surface area contributed by atoms with Crippen molar-refractivity contribution in [1.29, 1.82) is 0 Å². The number of nitrogens with zero attached hydrogens (tertiary/aromatic N) is 2. The summed E-state index contributed by atoms with van der Waals surface area (Å²) in [6.07, 6.45) is 1.82. The lowest BCUT2D eigenvalue weighted by molar-refractivity contribution is 0.00578. The van der Waals surface area contributed by atoms with E-state index in [2.05, 4.69) is 32.5 Å². The number of anilines is 1. The van der Waals surface area contributed by atoms with Crippen LogP contribution in [0.1, 0.15) is 49.3 Å². The molecule has 0 saturated carbocycles. The number of ether oxygens (including phenoxy) is 2. The van der Waals surface area contributed by atoms with Gasteiger partial charge in [-0.25, -0.2) is 4.45 Å². The Morgan fingerprint density at radius 2 is 1.81 bits per heavy atom. The molecule has 2 heterocycles. The lowest BCUT2D eigenvalue weighted by Gasteiger charge is -2.32. The third-order valence-corrected chi connectivity index (χ3v) is 8.52. The summed E-state index contributed by atoms with van der Waals surface area (Å²) < 4.78 is 25.5. The van der Waals surface area contributed by atoms with E-state index in [4.69, 9.17) is 18.8 Å². The predicted octanol–water partition coefficient (Wildman–Crippen LogP) is 5.13. The lowest BCUT2D eigenvalue weighted by atomic mass is 9.78. The minimum absolute atomic E-state index is 0.248. The third-order valence-electron chi connectivity index (χ3n) is 6.65. The molecule has 1 aliphatic heterocycles. The topological polar surface area (TPSA) is 83.8 Å². The summed E-state index contributed by atoms with van der Waals surface area (Å²) in [5.41, 5.74) is 3.16. The first kappa shape index (κ1) is 28.0. The van der Waals surface area contributed by atoms with Gasteiger partial charge in [0.15, 0.2) is 11.4 Å². The second-order valence-electron chi connectivity index (χ2n) is 9.86. The quantitative estimate of drug-likeness (QED) is 0.144. The number of aryl methyl sites for hydroxylation is 1.